The van der Waals surface area contributed by atoms with Crippen LogP contribution in [0.15, 0.2) is 47.4 Å². The third-order valence-electron chi connectivity index (χ3n) is 4.13. The summed E-state index contributed by atoms with van der Waals surface area (Å²) in [7, 11) is -2.11. The van der Waals surface area contributed by atoms with E-state index in [-0.39, 0.29) is 11.5 Å². The maximum Gasteiger partial charge on any atom is 0.262 e. The summed E-state index contributed by atoms with van der Waals surface area (Å²) >= 11 is 0. The molecule has 0 aliphatic carbocycles. The average Bonchev–Trinajstić information content (AvgIpc) is 2.73. The van der Waals surface area contributed by atoms with E-state index in [1.165, 1.54) is 41.7 Å². The molecule has 0 spiro atoms. The molecule has 8 nitrogen and oxygen atoms in total. The van der Waals surface area contributed by atoms with E-state index in [9.17, 15) is 13.2 Å². The Balaban J connectivity index is 2.01. The highest BCUT2D eigenvalue weighted by Crippen LogP contribution is 2.27. The molecule has 0 saturated carbocycles. The standard InChI is InChI=1S/C20H23N3O5S/c1-4-23(5-2)29(25,26)17-9-7-16(8-10-17)22-20(24)14-28-18-11-6-15(13-21)12-19(18)27-3/h6-12H,4-5,14H2,1-3H3,(H,22,24). The summed E-state index contributed by atoms with van der Waals surface area (Å²) in [6.07, 6.45) is 0. The van der Waals surface area contributed by atoms with Crippen LogP contribution in [0.3, 0.4) is 0 Å². The second kappa shape index (κ2) is 9.91. The van der Waals surface area contributed by atoms with E-state index in [1.54, 1.807) is 26.0 Å². The van der Waals surface area contributed by atoms with Crippen molar-refractivity contribution < 1.29 is 22.7 Å². The van der Waals surface area contributed by atoms with Crippen LogP contribution in [0.2, 0.25) is 0 Å². The molecule has 2 aromatic carbocycles. The first-order chi connectivity index (χ1) is 13.8. The lowest BCUT2D eigenvalue weighted by molar-refractivity contribution is -0.118. The number of hydrogen-bond donors (Lipinski definition) is 1. The van der Waals surface area contributed by atoms with Crippen LogP contribution in [0.25, 0.3) is 0 Å². The van der Waals surface area contributed by atoms with E-state index < -0.39 is 15.9 Å². The summed E-state index contributed by atoms with van der Waals surface area (Å²) in [4.78, 5) is 12.3. The number of methoxy groups -OCH3 is 1. The van der Waals surface area contributed by atoms with E-state index in [0.29, 0.717) is 35.8 Å². The minimum atomic E-state index is -3.55. The Bertz CT molecular complexity index is 994. The number of carbonyl (C=O) groups is 1. The normalized spacial score (nSPS) is 11.0. The molecule has 1 N–H and O–H groups in total. The number of nitriles is 1. The van der Waals surface area contributed by atoms with Gasteiger partial charge in [-0.25, -0.2) is 8.42 Å². The number of anilines is 1. The SMILES string of the molecule is CCN(CC)S(=O)(=O)c1ccc(NC(=O)COc2ccc(C#N)cc2OC)cc1. The smallest absolute Gasteiger partial charge is 0.262 e. The monoisotopic (exact) mass is 417 g/mol. The lowest BCUT2D eigenvalue weighted by Gasteiger charge is -2.18. The Morgan fingerprint density at radius 3 is 2.31 bits per heavy atom. The Morgan fingerprint density at radius 2 is 1.76 bits per heavy atom. The second-order valence-corrected chi connectivity index (χ2v) is 7.87. The number of ether oxygens (including phenoxy) is 2. The van der Waals surface area contributed by atoms with Crippen LogP contribution >= 0.6 is 0 Å². The lowest BCUT2D eigenvalue weighted by Crippen LogP contribution is -2.30. The van der Waals surface area contributed by atoms with Crippen molar-refractivity contribution in [3.05, 3.63) is 48.0 Å². The molecule has 0 radical (unpaired) electrons. The highest BCUT2D eigenvalue weighted by molar-refractivity contribution is 7.89. The molecule has 9 heteroatoms. The van der Waals surface area contributed by atoms with E-state index >= 15 is 0 Å². The summed E-state index contributed by atoms with van der Waals surface area (Å²) in [5, 5.41) is 11.6. The molecule has 0 atom stereocenters. The molecule has 0 unspecified atom stereocenters. The molecule has 0 aliphatic rings. The Kier molecular flexibility index (Phi) is 7.59. The second-order valence-electron chi connectivity index (χ2n) is 5.93. The zero-order valence-corrected chi connectivity index (χ0v) is 17.3. The van der Waals surface area contributed by atoms with Crippen LogP contribution < -0.4 is 14.8 Å². The number of amides is 1. The van der Waals surface area contributed by atoms with E-state index in [0.717, 1.165) is 0 Å². The number of rotatable bonds is 9. The lowest BCUT2D eigenvalue weighted by atomic mass is 10.2. The van der Waals surface area contributed by atoms with Gasteiger partial charge in [-0.3, -0.25) is 4.79 Å². The Morgan fingerprint density at radius 1 is 1.10 bits per heavy atom. The number of sulfonamides is 1. The molecule has 1 amide bonds. The fourth-order valence-electron chi connectivity index (χ4n) is 2.62. The van der Waals surface area contributed by atoms with Crippen molar-refractivity contribution in [3.8, 4) is 17.6 Å². The van der Waals surface area contributed by atoms with Gasteiger partial charge in [0, 0.05) is 24.8 Å². The molecule has 2 aromatic rings. The van der Waals surface area contributed by atoms with Crippen molar-refractivity contribution >= 4 is 21.6 Å². The van der Waals surface area contributed by atoms with Crippen LogP contribution in [0, 0.1) is 11.3 Å². The first-order valence-corrected chi connectivity index (χ1v) is 10.4. The van der Waals surface area contributed by atoms with Crippen molar-refractivity contribution in [1.82, 2.24) is 4.31 Å². The quantitative estimate of drug-likeness (QED) is 0.672. The van der Waals surface area contributed by atoms with Gasteiger partial charge in [0.2, 0.25) is 10.0 Å². The average molecular weight is 417 g/mol. The summed E-state index contributed by atoms with van der Waals surface area (Å²) in [6, 6.07) is 12.6. The van der Waals surface area contributed by atoms with Gasteiger partial charge in [0.1, 0.15) is 0 Å². The first-order valence-electron chi connectivity index (χ1n) is 8.96. The van der Waals surface area contributed by atoms with Crippen molar-refractivity contribution in [3.63, 3.8) is 0 Å². The molecular formula is C20H23N3O5S. The number of carbonyl (C=O) groups excluding carboxylic acids is 1. The molecule has 0 bridgehead atoms. The van der Waals surface area contributed by atoms with Gasteiger partial charge >= 0.3 is 0 Å². The molecule has 154 valence electrons. The van der Waals surface area contributed by atoms with Gasteiger partial charge in [-0.15, -0.1) is 0 Å². The van der Waals surface area contributed by atoms with Gasteiger partial charge in [-0.05, 0) is 36.4 Å². The maximum absolute atomic E-state index is 12.5. The van der Waals surface area contributed by atoms with Gasteiger partial charge in [0.25, 0.3) is 5.91 Å². The van der Waals surface area contributed by atoms with Crippen molar-refractivity contribution in [2.75, 3.05) is 32.1 Å². The highest BCUT2D eigenvalue weighted by atomic mass is 32.2. The maximum atomic E-state index is 12.5. The topological polar surface area (TPSA) is 109 Å². The number of nitrogens with one attached hydrogen (secondary N) is 1. The highest BCUT2D eigenvalue weighted by Gasteiger charge is 2.21. The molecule has 0 heterocycles. The predicted octanol–water partition coefficient (Wildman–Crippen LogP) is 2.61. The third kappa shape index (κ3) is 5.47. The van der Waals surface area contributed by atoms with Crippen LogP contribution in [0.1, 0.15) is 19.4 Å². The van der Waals surface area contributed by atoms with Gasteiger partial charge in [-0.1, -0.05) is 13.8 Å². The molecular weight excluding hydrogens is 394 g/mol. The fourth-order valence-corrected chi connectivity index (χ4v) is 4.08. The summed E-state index contributed by atoms with van der Waals surface area (Å²) in [5.74, 6) is 0.265. The van der Waals surface area contributed by atoms with Crippen LogP contribution in [0.5, 0.6) is 11.5 Å². The van der Waals surface area contributed by atoms with Crippen molar-refractivity contribution in [2.24, 2.45) is 0 Å². The molecule has 0 aliphatic heterocycles. The largest absolute Gasteiger partial charge is 0.493 e. The van der Waals surface area contributed by atoms with Gasteiger partial charge in [0.15, 0.2) is 18.1 Å². The van der Waals surface area contributed by atoms with Gasteiger partial charge in [-0.2, -0.15) is 9.57 Å². The number of benzene rings is 2. The van der Waals surface area contributed by atoms with Gasteiger partial charge < -0.3 is 14.8 Å². The molecule has 2 rings (SSSR count). The molecule has 0 fully saturated rings. The van der Waals surface area contributed by atoms with Crippen LogP contribution in [0.4, 0.5) is 5.69 Å². The molecule has 0 saturated heterocycles. The van der Waals surface area contributed by atoms with Crippen LogP contribution in [-0.4, -0.2) is 45.4 Å². The van der Waals surface area contributed by atoms with Crippen molar-refractivity contribution in [2.45, 2.75) is 18.7 Å². The summed E-state index contributed by atoms with van der Waals surface area (Å²) in [5.41, 5.74) is 0.863. The molecule has 29 heavy (non-hydrogen) atoms. The Hall–Kier alpha value is -3.09. The van der Waals surface area contributed by atoms with E-state index in [2.05, 4.69) is 5.32 Å². The number of hydrogen-bond acceptors (Lipinski definition) is 6. The minimum Gasteiger partial charge on any atom is -0.493 e. The Labute approximate surface area is 170 Å². The van der Waals surface area contributed by atoms with E-state index in [4.69, 9.17) is 14.7 Å². The predicted molar refractivity (Wildman–Crippen MR) is 108 cm³/mol. The van der Waals surface area contributed by atoms with E-state index in [1.807, 2.05) is 6.07 Å². The fraction of sp³-hybridized carbons (Fsp3) is 0.300. The zero-order valence-electron chi connectivity index (χ0n) is 16.5. The minimum absolute atomic E-state index is 0.165. The molecule has 0 aromatic heterocycles. The zero-order chi connectivity index (χ0) is 21.4. The van der Waals surface area contributed by atoms with Crippen molar-refractivity contribution in [1.29, 1.82) is 5.26 Å². The van der Waals surface area contributed by atoms with Crippen LogP contribution in [-0.2, 0) is 14.8 Å². The summed E-state index contributed by atoms with van der Waals surface area (Å²) in [6.45, 7) is 4.04. The first kappa shape index (κ1) is 22.2. The number of nitrogens with zero attached hydrogens (tertiary/aromatic N) is 2. The third-order valence-corrected chi connectivity index (χ3v) is 6.20. The summed E-state index contributed by atoms with van der Waals surface area (Å²) < 4.78 is 36.9. The van der Waals surface area contributed by atoms with Gasteiger partial charge in [0.05, 0.1) is 23.6 Å².